The van der Waals surface area contributed by atoms with Crippen molar-refractivity contribution in [3.63, 3.8) is 0 Å². The van der Waals surface area contributed by atoms with Gasteiger partial charge in [0, 0.05) is 28.6 Å². The molecular weight excluding hydrogens is 302 g/mol. The minimum Gasteiger partial charge on any atom is -0.328 e. The molecule has 1 aromatic carbocycles. The van der Waals surface area contributed by atoms with Crippen molar-refractivity contribution in [2.75, 3.05) is 0 Å². The zero-order valence-electron chi connectivity index (χ0n) is 11.7. The number of aromatic nitrogens is 2. The Morgan fingerprint density at radius 1 is 1.29 bits per heavy atom. The monoisotopic (exact) mass is 317 g/mol. The maximum atomic E-state index is 6.05. The Kier molecular flexibility index (Phi) is 4.19. The summed E-state index contributed by atoms with van der Waals surface area (Å²) in [6, 6.07) is 13.9. The lowest BCUT2D eigenvalue weighted by molar-refractivity contribution is 0.705. The number of halogens is 1. The largest absolute Gasteiger partial charge is 0.328 e. The Balaban J connectivity index is 2.04. The molecule has 2 aromatic heterocycles. The maximum Gasteiger partial charge on any atom is 0.138 e. The topological polar surface area (TPSA) is 43.3 Å². The van der Waals surface area contributed by atoms with Gasteiger partial charge >= 0.3 is 0 Å². The number of rotatable bonds is 4. The van der Waals surface area contributed by atoms with Gasteiger partial charge in [-0.3, -0.25) is 0 Å². The lowest BCUT2D eigenvalue weighted by atomic mass is 10.2. The number of nitrogens with zero attached hydrogens (tertiary/aromatic N) is 2. The number of fused-ring (bicyclic) bond motifs is 1. The van der Waals surface area contributed by atoms with E-state index in [0.29, 0.717) is 0 Å². The third kappa shape index (κ3) is 3.23. The van der Waals surface area contributed by atoms with E-state index in [2.05, 4.69) is 4.40 Å². The van der Waals surface area contributed by atoms with Crippen LogP contribution in [0.15, 0.2) is 58.6 Å². The van der Waals surface area contributed by atoms with E-state index in [4.69, 9.17) is 22.3 Å². The lowest BCUT2D eigenvalue weighted by Gasteiger charge is -2.07. The van der Waals surface area contributed by atoms with Gasteiger partial charge in [-0.15, -0.1) is 0 Å². The fourth-order valence-electron chi connectivity index (χ4n) is 2.24. The van der Waals surface area contributed by atoms with E-state index >= 15 is 0 Å². The van der Waals surface area contributed by atoms with Crippen LogP contribution in [0.3, 0.4) is 0 Å². The average Bonchev–Trinajstić information content (AvgIpc) is 2.76. The summed E-state index contributed by atoms with van der Waals surface area (Å²) < 4.78 is 2.11. The van der Waals surface area contributed by atoms with Crippen LogP contribution in [-0.4, -0.2) is 15.4 Å². The third-order valence-corrected chi connectivity index (χ3v) is 4.36. The van der Waals surface area contributed by atoms with Gasteiger partial charge in [0.05, 0.1) is 5.69 Å². The van der Waals surface area contributed by atoms with Crippen molar-refractivity contribution in [3.8, 4) is 0 Å². The van der Waals surface area contributed by atoms with Gasteiger partial charge in [-0.25, -0.2) is 4.98 Å². The van der Waals surface area contributed by atoms with Crippen LogP contribution in [0.25, 0.3) is 5.65 Å². The number of nitrogens with two attached hydrogens (primary N) is 1. The summed E-state index contributed by atoms with van der Waals surface area (Å²) >= 11 is 7.68. The quantitative estimate of drug-likeness (QED) is 0.790. The molecule has 2 heterocycles. The molecular formula is C16H16ClN3S. The SMILES string of the molecule is CC(N)Cc1c(Sc2cccc(Cl)c2)nc2ccccn12. The van der Waals surface area contributed by atoms with Gasteiger partial charge in [0.25, 0.3) is 0 Å². The van der Waals surface area contributed by atoms with Gasteiger partial charge < -0.3 is 10.1 Å². The maximum absolute atomic E-state index is 6.05. The minimum atomic E-state index is 0.0869. The fourth-order valence-corrected chi connectivity index (χ4v) is 3.49. The molecule has 0 saturated heterocycles. The Bertz CT molecular complexity index is 767. The third-order valence-electron chi connectivity index (χ3n) is 3.12. The molecule has 0 aliphatic rings. The highest BCUT2D eigenvalue weighted by atomic mass is 35.5. The second-order valence-electron chi connectivity index (χ2n) is 5.03. The molecule has 0 amide bonds. The van der Waals surface area contributed by atoms with Crippen LogP contribution in [0.1, 0.15) is 12.6 Å². The molecule has 0 fully saturated rings. The van der Waals surface area contributed by atoms with Crippen molar-refractivity contribution < 1.29 is 0 Å². The van der Waals surface area contributed by atoms with E-state index in [0.717, 1.165) is 32.7 Å². The van der Waals surface area contributed by atoms with E-state index in [1.54, 1.807) is 11.8 Å². The zero-order valence-corrected chi connectivity index (χ0v) is 13.2. The highest BCUT2D eigenvalue weighted by Gasteiger charge is 2.14. The summed E-state index contributed by atoms with van der Waals surface area (Å²) in [7, 11) is 0. The van der Waals surface area contributed by atoms with Gasteiger partial charge in [0.1, 0.15) is 10.7 Å². The van der Waals surface area contributed by atoms with Crippen molar-refractivity contribution in [3.05, 3.63) is 59.4 Å². The highest BCUT2D eigenvalue weighted by molar-refractivity contribution is 7.99. The van der Waals surface area contributed by atoms with Gasteiger partial charge in [-0.1, -0.05) is 35.5 Å². The Hall–Kier alpha value is -1.49. The molecule has 3 nitrogen and oxygen atoms in total. The molecule has 1 unspecified atom stereocenters. The van der Waals surface area contributed by atoms with E-state index in [9.17, 15) is 0 Å². The first kappa shape index (κ1) is 14.4. The second kappa shape index (κ2) is 6.10. The first-order valence-corrected chi connectivity index (χ1v) is 7.98. The zero-order chi connectivity index (χ0) is 14.8. The molecule has 0 aliphatic carbocycles. The summed E-state index contributed by atoms with van der Waals surface area (Å²) in [5.74, 6) is 0. The van der Waals surface area contributed by atoms with Crippen molar-refractivity contribution in [1.82, 2.24) is 9.38 Å². The first-order chi connectivity index (χ1) is 10.1. The first-order valence-electron chi connectivity index (χ1n) is 6.78. The summed E-state index contributed by atoms with van der Waals surface area (Å²) in [6.45, 7) is 2.01. The van der Waals surface area contributed by atoms with Gasteiger partial charge in [0.15, 0.2) is 0 Å². The van der Waals surface area contributed by atoms with E-state index in [-0.39, 0.29) is 6.04 Å². The number of imidazole rings is 1. The van der Waals surface area contributed by atoms with Crippen LogP contribution in [0.5, 0.6) is 0 Å². The molecule has 0 spiro atoms. The average molecular weight is 318 g/mol. The van der Waals surface area contributed by atoms with Crippen molar-refractivity contribution >= 4 is 29.0 Å². The van der Waals surface area contributed by atoms with Crippen LogP contribution in [0.4, 0.5) is 0 Å². The van der Waals surface area contributed by atoms with Crippen LogP contribution < -0.4 is 5.73 Å². The summed E-state index contributed by atoms with van der Waals surface area (Å²) in [5.41, 5.74) is 8.08. The van der Waals surface area contributed by atoms with E-state index in [1.165, 1.54) is 0 Å². The van der Waals surface area contributed by atoms with Crippen molar-refractivity contribution in [1.29, 1.82) is 0 Å². The lowest BCUT2D eigenvalue weighted by Crippen LogP contribution is -2.19. The van der Waals surface area contributed by atoms with Crippen LogP contribution in [-0.2, 0) is 6.42 Å². The van der Waals surface area contributed by atoms with Crippen molar-refractivity contribution in [2.24, 2.45) is 5.73 Å². The molecule has 2 N–H and O–H groups in total. The minimum absolute atomic E-state index is 0.0869. The molecule has 108 valence electrons. The standard InChI is InChI=1S/C16H16ClN3S/c1-11(18)9-14-16(19-15-7-2-3-8-20(14)15)21-13-6-4-5-12(17)10-13/h2-8,10-11H,9,18H2,1H3. The molecule has 0 saturated carbocycles. The Morgan fingerprint density at radius 2 is 2.14 bits per heavy atom. The predicted octanol–water partition coefficient (Wildman–Crippen LogP) is 4.03. The summed E-state index contributed by atoms with van der Waals surface area (Å²) in [5, 5.41) is 1.72. The smallest absolute Gasteiger partial charge is 0.138 e. The molecule has 1 atom stereocenters. The van der Waals surface area contributed by atoms with Gasteiger partial charge in [0.2, 0.25) is 0 Å². The van der Waals surface area contributed by atoms with Crippen LogP contribution in [0, 0.1) is 0 Å². The number of benzene rings is 1. The normalized spacial score (nSPS) is 12.7. The predicted molar refractivity (Wildman–Crippen MR) is 88.1 cm³/mol. The molecule has 0 radical (unpaired) electrons. The number of hydrogen-bond donors (Lipinski definition) is 1. The summed E-state index contributed by atoms with van der Waals surface area (Å²) in [6.07, 6.45) is 2.82. The fraction of sp³-hybridized carbons (Fsp3) is 0.188. The molecule has 5 heteroatoms. The Morgan fingerprint density at radius 3 is 2.90 bits per heavy atom. The summed E-state index contributed by atoms with van der Waals surface area (Å²) in [4.78, 5) is 5.80. The number of hydrogen-bond acceptors (Lipinski definition) is 3. The number of pyridine rings is 1. The van der Waals surface area contributed by atoms with Gasteiger partial charge in [-0.05, 0) is 37.3 Å². The molecule has 3 rings (SSSR count). The Labute approximate surface area is 133 Å². The van der Waals surface area contributed by atoms with E-state index < -0.39 is 0 Å². The van der Waals surface area contributed by atoms with Gasteiger partial charge in [-0.2, -0.15) is 0 Å². The van der Waals surface area contributed by atoms with Crippen LogP contribution >= 0.6 is 23.4 Å². The molecule has 3 aromatic rings. The van der Waals surface area contributed by atoms with Crippen molar-refractivity contribution in [2.45, 2.75) is 29.3 Å². The molecule has 0 aliphatic heterocycles. The van der Waals surface area contributed by atoms with Crippen LogP contribution in [0.2, 0.25) is 5.02 Å². The highest BCUT2D eigenvalue weighted by Crippen LogP contribution is 2.32. The molecule has 21 heavy (non-hydrogen) atoms. The second-order valence-corrected chi connectivity index (χ2v) is 6.53. The van der Waals surface area contributed by atoms with E-state index in [1.807, 2.05) is 55.6 Å². The molecule has 0 bridgehead atoms.